The summed E-state index contributed by atoms with van der Waals surface area (Å²) in [5.74, 6) is 0.470. The molecule has 2 aromatic carbocycles. The Balaban J connectivity index is 1.54. The molecule has 0 saturated carbocycles. The van der Waals surface area contributed by atoms with Crippen LogP contribution in [0.25, 0.3) is 0 Å². The largest absolute Gasteiger partial charge is 0.417 e. The third kappa shape index (κ3) is 3.85. The smallest absolute Gasteiger partial charge is 0.410 e. The number of carbonyl (C=O) groups excluding carboxylic acids is 2. The number of anilines is 2. The molecule has 6 heteroatoms. The van der Waals surface area contributed by atoms with E-state index in [0.29, 0.717) is 22.9 Å². The van der Waals surface area contributed by atoms with E-state index in [2.05, 4.69) is 5.32 Å². The number of thiophene rings is 1. The first kappa shape index (κ1) is 17.3. The Bertz CT molecular complexity index is 955. The number of nitrogens with zero attached hydrogens (tertiary/aromatic N) is 1. The summed E-state index contributed by atoms with van der Waals surface area (Å²) in [6.07, 6.45) is 1.28. The average molecular weight is 378 g/mol. The van der Waals surface area contributed by atoms with Crippen LogP contribution in [0.4, 0.5) is 16.2 Å². The number of carbonyl (C=O) groups is 2. The summed E-state index contributed by atoms with van der Waals surface area (Å²) in [4.78, 5) is 27.5. The first-order valence-electron chi connectivity index (χ1n) is 8.73. The molecule has 2 amide bonds. The van der Waals surface area contributed by atoms with E-state index in [9.17, 15) is 9.59 Å². The number of hydrogen-bond donors (Lipinski definition) is 1. The van der Waals surface area contributed by atoms with Gasteiger partial charge < -0.3 is 9.64 Å². The number of hydrogen-bond acceptors (Lipinski definition) is 4. The van der Waals surface area contributed by atoms with Crippen molar-refractivity contribution >= 4 is 34.7 Å². The van der Waals surface area contributed by atoms with E-state index < -0.39 is 6.09 Å². The van der Waals surface area contributed by atoms with Gasteiger partial charge in [-0.15, -0.1) is 11.3 Å². The van der Waals surface area contributed by atoms with Gasteiger partial charge in [-0.3, -0.25) is 10.1 Å². The fourth-order valence-electron chi connectivity index (χ4n) is 3.14. The quantitative estimate of drug-likeness (QED) is 0.701. The normalized spacial score (nSPS) is 13.0. The molecule has 5 nitrogen and oxygen atoms in total. The molecule has 0 fully saturated rings. The van der Waals surface area contributed by atoms with Crippen molar-refractivity contribution in [2.45, 2.75) is 12.8 Å². The molecule has 1 aliphatic heterocycles. The molecule has 2 heterocycles. The first-order chi connectivity index (χ1) is 13.2. The van der Waals surface area contributed by atoms with Crippen LogP contribution >= 0.6 is 11.3 Å². The highest BCUT2D eigenvalue weighted by molar-refractivity contribution is 7.12. The minimum atomic E-state index is -0.562. The van der Waals surface area contributed by atoms with E-state index in [1.807, 2.05) is 41.8 Å². The van der Waals surface area contributed by atoms with Gasteiger partial charge in [0.1, 0.15) is 5.75 Å². The molecule has 3 aromatic rings. The second-order valence-electron chi connectivity index (χ2n) is 6.21. The van der Waals surface area contributed by atoms with Gasteiger partial charge in [-0.1, -0.05) is 30.3 Å². The topological polar surface area (TPSA) is 58.6 Å². The van der Waals surface area contributed by atoms with Crippen molar-refractivity contribution in [3.8, 4) is 5.75 Å². The van der Waals surface area contributed by atoms with Crippen LogP contribution in [0.15, 0.2) is 66.0 Å². The summed E-state index contributed by atoms with van der Waals surface area (Å²) >= 11 is 1.43. The molecule has 0 saturated heterocycles. The van der Waals surface area contributed by atoms with Crippen molar-refractivity contribution in [2.24, 2.45) is 0 Å². The van der Waals surface area contributed by atoms with Crippen LogP contribution in [-0.4, -0.2) is 18.5 Å². The molecule has 1 aliphatic rings. The molecule has 0 unspecified atom stereocenters. The lowest BCUT2D eigenvalue weighted by Gasteiger charge is -2.29. The average Bonchev–Trinajstić information content (AvgIpc) is 3.22. The van der Waals surface area contributed by atoms with Crippen molar-refractivity contribution in [3.05, 3.63) is 76.5 Å². The van der Waals surface area contributed by atoms with Gasteiger partial charge in [0.05, 0.1) is 4.88 Å². The molecule has 27 heavy (non-hydrogen) atoms. The Kier molecular flexibility index (Phi) is 4.89. The first-order valence-corrected chi connectivity index (χ1v) is 9.61. The maximum absolute atomic E-state index is 12.8. The predicted molar refractivity (Wildman–Crippen MR) is 107 cm³/mol. The van der Waals surface area contributed by atoms with Gasteiger partial charge in [-0.2, -0.15) is 0 Å². The summed E-state index contributed by atoms with van der Waals surface area (Å²) < 4.78 is 5.27. The van der Waals surface area contributed by atoms with Gasteiger partial charge in [0, 0.05) is 17.9 Å². The van der Waals surface area contributed by atoms with Gasteiger partial charge in [-0.25, -0.2) is 4.79 Å². The Morgan fingerprint density at radius 1 is 1.04 bits per heavy atom. The van der Waals surface area contributed by atoms with Crippen LogP contribution in [-0.2, 0) is 6.42 Å². The maximum atomic E-state index is 12.8. The van der Waals surface area contributed by atoms with Crippen molar-refractivity contribution in [1.82, 2.24) is 0 Å². The van der Waals surface area contributed by atoms with E-state index in [-0.39, 0.29) is 5.91 Å². The van der Waals surface area contributed by atoms with E-state index in [1.165, 1.54) is 11.3 Å². The summed E-state index contributed by atoms with van der Waals surface area (Å²) in [7, 11) is 0. The lowest BCUT2D eigenvalue weighted by molar-refractivity contribution is 0.0989. The van der Waals surface area contributed by atoms with Crippen molar-refractivity contribution in [3.63, 3.8) is 0 Å². The van der Waals surface area contributed by atoms with Gasteiger partial charge in [0.25, 0.3) is 5.91 Å². The van der Waals surface area contributed by atoms with Crippen LogP contribution in [0.3, 0.4) is 0 Å². The summed E-state index contributed by atoms with van der Waals surface area (Å²) in [5.41, 5.74) is 2.55. The minimum Gasteiger partial charge on any atom is -0.410 e. The zero-order valence-electron chi connectivity index (χ0n) is 14.6. The summed E-state index contributed by atoms with van der Waals surface area (Å²) in [5, 5.41) is 4.64. The van der Waals surface area contributed by atoms with Gasteiger partial charge in [0.2, 0.25) is 0 Å². The van der Waals surface area contributed by atoms with E-state index >= 15 is 0 Å². The number of benzene rings is 2. The van der Waals surface area contributed by atoms with Crippen LogP contribution in [0.5, 0.6) is 5.75 Å². The fraction of sp³-hybridized carbons (Fsp3) is 0.143. The number of fused-ring (bicyclic) bond motifs is 1. The maximum Gasteiger partial charge on any atom is 0.417 e. The Morgan fingerprint density at radius 2 is 1.89 bits per heavy atom. The van der Waals surface area contributed by atoms with Crippen molar-refractivity contribution < 1.29 is 14.3 Å². The molecular formula is C21H18N2O3S. The Morgan fingerprint density at radius 3 is 2.67 bits per heavy atom. The van der Waals surface area contributed by atoms with Gasteiger partial charge >= 0.3 is 6.09 Å². The lowest BCUT2D eigenvalue weighted by atomic mass is 10.0. The standard InChI is InChI=1S/C21H18N2O3S/c24-20(19-9-5-13-27-19)23-12-4-6-15-10-11-16(14-18(15)23)22-21(25)26-17-7-2-1-3-8-17/h1-3,5,7-11,13-14H,4,6,12H2,(H,22,25). The van der Waals surface area contributed by atoms with Crippen molar-refractivity contribution in [2.75, 3.05) is 16.8 Å². The molecule has 0 radical (unpaired) electrons. The Labute approximate surface area is 161 Å². The monoisotopic (exact) mass is 378 g/mol. The van der Waals surface area contributed by atoms with Crippen LogP contribution in [0.2, 0.25) is 0 Å². The number of rotatable bonds is 3. The fourth-order valence-corrected chi connectivity index (χ4v) is 3.81. The molecule has 0 atom stereocenters. The highest BCUT2D eigenvalue weighted by Gasteiger charge is 2.24. The lowest BCUT2D eigenvalue weighted by Crippen LogP contribution is -2.35. The molecule has 0 spiro atoms. The second kappa shape index (κ2) is 7.63. The van der Waals surface area contributed by atoms with E-state index in [4.69, 9.17) is 4.74 Å². The summed E-state index contributed by atoms with van der Waals surface area (Å²) in [6, 6.07) is 18.2. The van der Waals surface area contributed by atoms with Crippen LogP contribution in [0.1, 0.15) is 21.7 Å². The second-order valence-corrected chi connectivity index (χ2v) is 7.16. The highest BCUT2D eigenvalue weighted by atomic mass is 32.1. The number of ether oxygens (including phenoxy) is 1. The number of nitrogens with one attached hydrogen (secondary N) is 1. The number of aryl methyl sites for hydroxylation is 1. The molecule has 1 N–H and O–H groups in total. The number of amides is 2. The molecule has 0 bridgehead atoms. The molecule has 0 aliphatic carbocycles. The number of para-hydroxylation sites is 1. The third-order valence-corrected chi connectivity index (χ3v) is 5.24. The van der Waals surface area contributed by atoms with Crippen LogP contribution < -0.4 is 15.0 Å². The zero-order valence-corrected chi connectivity index (χ0v) is 15.4. The van der Waals surface area contributed by atoms with Gasteiger partial charge in [-0.05, 0) is 54.1 Å². The van der Waals surface area contributed by atoms with E-state index in [0.717, 1.165) is 24.1 Å². The van der Waals surface area contributed by atoms with Crippen molar-refractivity contribution in [1.29, 1.82) is 0 Å². The molecular weight excluding hydrogens is 360 g/mol. The summed E-state index contributed by atoms with van der Waals surface area (Å²) in [6.45, 7) is 0.668. The van der Waals surface area contributed by atoms with E-state index in [1.54, 1.807) is 29.2 Å². The van der Waals surface area contributed by atoms with Crippen LogP contribution in [0, 0.1) is 0 Å². The Hall–Kier alpha value is -3.12. The molecule has 1 aromatic heterocycles. The third-order valence-electron chi connectivity index (χ3n) is 4.38. The zero-order chi connectivity index (χ0) is 18.6. The minimum absolute atomic E-state index is 0.00466. The SMILES string of the molecule is O=C(Nc1ccc2c(c1)N(C(=O)c1cccs1)CCC2)Oc1ccccc1. The highest BCUT2D eigenvalue weighted by Crippen LogP contribution is 2.32. The molecule has 136 valence electrons. The predicted octanol–water partition coefficient (Wildman–Crippen LogP) is 4.95. The van der Waals surface area contributed by atoms with Gasteiger partial charge in [0.15, 0.2) is 0 Å². The molecule has 4 rings (SSSR count).